The third kappa shape index (κ3) is 11.6. The largest absolute Gasteiger partial charge is 0.510 e. The summed E-state index contributed by atoms with van der Waals surface area (Å²) in [6, 6.07) is 9.76. The quantitative estimate of drug-likeness (QED) is 0.143. The molecule has 0 radical (unpaired) electrons. The summed E-state index contributed by atoms with van der Waals surface area (Å²) >= 11 is 0. The van der Waals surface area contributed by atoms with Gasteiger partial charge >= 0.3 is 19.9 Å². The molecule has 0 bridgehead atoms. The fourth-order valence-electron chi connectivity index (χ4n) is 3.67. The first-order valence-corrected chi connectivity index (χ1v) is 14.6. The first-order chi connectivity index (χ1) is 18.9. The monoisotopic (exact) mass is 588 g/mol. The van der Waals surface area contributed by atoms with Gasteiger partial charge in [-0.15, -0.1) is 0 Å². The van der Waals surface area contributed by atoms with Gasteiger partial charge in [-0.2, -0.15) is 0 Å². The molecular formula is C27H41O12P. The van der Waals surface area contributed by atoms with Gasteiger partial charge in [-0.25, -0.2) is 9.59 Å². The van der Waals surface area contributed by atoms with Crippen LogP contribution in [0.2, 0.25) is 0 Å². The molecule has 1 aliphatic rings. The minimum atomic E-state index is -4.11. The van der Waals surface area contributed by atoms with E-state index in [2.05, 4.69) is 0 Å². The number of rotatable bonds is 14. The minimum absolute atomic E-state index is 0.0124. The van der Waals surface area contributed by atoms with Crippen molar-refractivity contribution < 1.29 is 56.4 Å². The molecule has 0 aromatic heterocycles. The van der Waals surface area contributed by atoms with Crippen molar-refractivity contribution in [1.29, 1.82) is 0 Å². The summed E-state index contributed by atoms with van der Waals surface area (Å²) in [6.45, 7) is 9.47. The van der Waals surface area contributed by atoms with Gasteiger partial charge in [0.15, 0.2) is 6.29 Å². The third-order valence-electron chi connectivity index (χ3n) is 5.88. The zero-order valence-electron chi connectivity index (χ0n) is 24.1. The van der Waals surface area contributed by atoms with Gasteiger partial charge in [0.25, 0.3) is 0 Å². The van der Waals surface area contributed by atoms with E-state index >= 15 is 0 Å². The zero-order chi connectivity index (χ0) is 29.7. The Labute approximate surface area is 235 Å². The lowest BCUT2D eigenvalue weighted by molar-refractivity contribution is -0.265. The van der Waals surface area contributed by atoms with E-state index in [1.165, 1.54) is 13.2 Å². The summed E-state index contributed by atoms with van der Waals surface area (Å²) in [6.07, 6.45) is -2.96. The second-order valence-corrected chi connectivity index (χ2v) is 11.6. The molecule has 40 heavy (non-hydrogen) atoms. The minimum Gasteiger partial charge on any atom is -0.432 e. The Morgan fingerprint density at radius 1 is 0.925 bits per heavy atom. The molecular weight excluding hydrogens is 547 g/mol. The van der Waals surface area contributed by atoms with Crippen molar-refractivity contribution in [1.82, 2.24) is 0 Å². The molecule has 1 fully saturated rings. The average molecular weight is 589 g/mol. The summed E-state index contributed by atoms with van der Waals surface area (Å²) in [7, 11) is -2.59. The Bertz CT molecular complexity index is 949. The zero-order valence-corrected chi connectivity index (χ0v) is 24.9. The van der Waals surface area contributed by atoms with E-state index in [9.17, 15) is 14.2 Å². The van der Waals surface area contributed by atoms with Gasteiger partial charge in [0.1, 0.15) is 6.10 Å². The van der Waals surface area contributed by atoms with E-state index in [0.717, 1.165) is 11.4 Å². The Morgan fingerprint density at radius 2 is 1.48 bits per heavy atom. The highest BCUT2D eigenvalue weighted by atomic mass is 31.2. The molecule has 12 nitrogen and oxygen atoms in total. The molecule has 1 aromatic carbocycles. The number of benzene rings is 1. The number of hydrogen-bond donors (Lipinski definition) is 0. The fraction of sp³-hybridized carbons (Fsp3) is 0.630. The van der Waals surface area contributed by atoms with Crippen LogP contribution in [0.25, 0.3) is 0 Å². The van der Waals surface area contributed by atoms with Gasteiger partial charge in [0, 0.05) is 12.9 Å². The highest BCUT2D eigenvalue weighted by Crippen LogP contribution is 2.50. The smallest absolute Gasteiger partial charge is 0.432 e. The van der Waals surface area contributed by atoms with E-state index in [4.69, 9.17) is 42.2 Å². The summed E-state index contributed by atoms with van der Waals surface area (Å²) in [5.41, 5.74) is 1.02. The van der Waals surface area contributed by atoms with Crippen molar-refractivity contribution in [3.8, 4) is 0 Å². The molecule has 1 aliphatic heterocycles. The van der Waals surface area contributed by atoms with E-state index in [1.807, 2.05) is 44.2 Å². The molecule has 0 N–H and O–H groups in total. The van der Waals surface area contributed by atoms with Crippen LogP contribution >= 0.6 is 7.60 Å². The number of methoxy groups -OCH3 is 1. The standard InChI is InChI=1S/C27H41O12P/c1-18(2)37-26(28)33-16-35-40(30,36-17-34-27(29)38-19(3)4)14-13-23-20(5)21(6)24(25(31-7)39-23)32-15-22-11-9-8-10-12-22/h8-14,18-21,23-25H,15-17H2,1-7H3/b14-13+. The summed E-state index contributed by atoms with van der Waals surface area (Å²) in [5.74, 6) is 1.06. The summed E-state index contributed by atoms with van der Waals surface area (Å²) in [4.78, 5) is 23.3. The first kappa shape index (κ1) is 33.7. The van der Waals surface area contributed by atoms with Crippen LogP contribution in [0.5, 0.6) is 0 Å². The van der Waals surface area contributed by atoms with Crippen LogP contribution in [0.4, 0.5) is 9.59 Å². The molecule has 226 valence electrons. The van der Waals surface area contributed by atoms with Crippen LogP contribution in [0.15, 0.2) is 42.2 Å². The Balaban J connectivity index is 2.08. The fourth-order valence-corrected chi connectivity index (χ4v) is 4.70. The normalized spacial score (nSPS) is 23.4. The molecule has 5 atom stereocenters. The molecule has 5 unspecified atom stereocenters. The second kappa shape index (κ2) is 16.7. The van der Waals surface area contributed by atoms with Crippen LogP contribution in [0, 0.1) is 11.8 Å². The van der Waals surface area contributed by atoms with Gasteiger partial charge in [0.2, 0.25) is 13.6 Å². The molecule has 0 spiro atoms. The van der Waals surface area contributed by atoms with Crippen molar-refractivity contribution in [2.75, 3.05) is 20.7 Å². The molecule has 1 aromatic rings. The molecule has 2 rings (SSSR count). The van der Waals surface area contributed by atoms with Gasteiger partial charge in [0.05, 0.1) is 24.9 Å². The van der Waals surface area contributed by atoms with Gasteiger partial charge in [-0.3, -0.25) is 13.6 Å². The van der Waals surface area contributed by atoms with Crippen LogP contribution in [0.1, 0.15) is 47.1 Å². The van der Waals surface area contributed by atoms with Crippen molar-refractivity contribution in [3.05, 3.63) is 47.8 Å². The van der Waals surface area contributed by atoms with Gasteiger partial charge < -0.3 is 33.2 Å². The molecule has 0 saturated carbocycles. The average Bonchev–Trinajstić information content (AvgIpc) is 2.88. The molecule has 0 amide bonds. The lowest BCUT2D eigenvalue weighted by Crippen LogP contribution is -2.50. The summed E-state index contributed by atoms with van der Waals surface area (Å²) in [5, 5.41) is 0. The Hall–Kier alpha value is -2.47. The van der Waals surface area contributed by atoms with Crippen molar-refractivity contribution >= 4 is 19.9 Å². The van der Waals surface area contributed by atoms with Crippen molar-refractivity contribution in [2.45, 2.75) is 78.9 Å². The molecule has 13 heteroatoms. The number of carbonyl (C=O) groups is 2. The molecule has 1 saturated heterocycles. The van der Waals surface area contributed by atoms with Crippen molar-refractivity contribution in [3.63, 3.8) is 0 Å². The number of ether oxygens (including phenoxy) is 7. The highest BCUT2D eigenvalue weighted by molar-refractivity contribution is 7.57. The predicted molar refractivity (Wildman–Crippen MR) is 143 cm³/mol. The molecule has 1 heterocycles. The van der Waals surface area contributed by atoms with Crippen LogP contribution in [0.3, 0.4) is 0 Å². The van der Waals surface area contributed by atoms with E-state index in [-0.39, 0.29) is 17.9 Å². The topological polar surface area (TPSA) is 134 Å². The van der Waals surface area contributed by atoms with Gasteiger partial charge in [-0.05, 0) is 51.2 Å². The Morgan fingerprint density at radius 3 is 1.98 bits per heavy atom. The number of carbonyl (C=O) groups excluding carboxylic acids is 2. The second-order valence-electron chi connectivity index (χ2n) is 9.68. The van der Waals surface area contributed by atoms with Crippen LogP contribution in [-0.4, -0.2) is 63.7 Å². The maximum Gasteiger partial charge on any atom is 0.510 e. The van der Waals surface area contributed by atoms with E-state index in [0.29, 0.717) is 6.61 Å². The third-order valence-corrected chi connectivity index (χ3v) is 7.35. The highest BCUT2D eigenvalue weighted by Gasteiger charge is 2.42. The predicted octanol–water partition coefficient (Wildman–Crippen LogP) is 5.99. The number of hydrogen-bond acceptors (Lipinski definition) is 12. The Kier molecular flexibility index (Phi) is 14.1. The van der Waals surface area contributed by atoms with E-state index in [1.54, 1.807) is 27.7 Å². The van der Waals surface area contributed by atoms with Crippen LogP contribution < -0.4 is 0 Å². The maximum absolute atomic E-state index is 13.4. The summed E-state index contributed by atoms with van der Waals surface area (Å²) < 4.78 is 61.0. The molecule has 0 aliphatic carbocycles. The lowest BCUT2D eigenvalue weighted by Gasteiger charge is -2.43. The van der Waals surface area contributed by atoms with Crippen molar-refractivity contribution in [2.24, 2.45) is 11.8 Å². The lowest BCUT2D eigenvalue weighted by atomic mass is 9.83. The van der Waals surface area contributed by atoms with Gasteiger partial charge in [-0.1, -0.05) is 44.2 Å². The first-order valence-electron chi connectivity index (χ1n) is 13.0. The maximum atomic E-state index is 13.4. The van der Waals surface area contributed by atoms with Crippen LogP contribution in [-0.2, 0) is 53.4 Å². The van der Waals surface area contributed by atoms with E-state index < -0.39 is 58.1 Å². The SMILES string of the molecule is COC1OC(/C=C/P(=O)(OCOC(=O)OC(C)C)OCOC(=O)OC(C)C)C(C)C(C)C1OCc1ccccc1.